The maximum Gasteiger partial charge on any atom is 0.266 e. The lowest BCUT2D eigenvalue weighted by atomic mass is 10.1. The molecule has 1 heterocycles. The summed E-state index contributed by atoms with van der Waals surface area (Å²) in [5.41, 5.74) is 3.53. The Bertz CT molecular complexity index is 929. The van der Waals surface area contributed by atoms with E-state index in [1.54, 1.807) is 12.1 Å². The van der Waals surface area contributed by atoms with Gasteiger partial charge < -0.3 is 14.8 Å². The Morgan fingerprint density at radius 2 is 2.04 bits per heavy atom. The van der Waals surface area contributed by atoms with Crippen LogP contribution in [0.5, 0.6) is 11.5 Å². The molecule has 0 atom stereocenters. The summed E-state index contributed by atoms with van der Waals surface area (Å²) in [7, 11) is 0. The Balaban J connectivity index is 1.85. The molecule has 2 aromatic rings. The molecule has 6 heteroatoms. The number of fused-ring (bicyclic) bond motifs is 1. The lowest BCUT2D eigenvalue weighted by Gasteiger charge is -2.07. The molecule has 0 saturated heterocycles. The van der Waals surface area contributed by atoms with Gasteiger partial charge in [0, 0.05) is 5.69 Å². The molecular formula is C19H15BrN2O3. The SMILES string of the molecule is Cc1ccc(NC(=O)/C(C#N)=C/c2cc(Br)c3c(c2)OCO3)cc1C. The molecule has 5 nitrogen and oxygen atoms in total. The average Bonchev–Trinajstić information content (AvgIpc) is 3.05. The number of hydrogen-bond acceptors (Lipinski definition) is 4. The summed E-state index contributed by atoms with van der Waals surface area (Å²) in [4.78, 5) is 12.4. The third-order valence-corrected chi connectivity index (χ3v) is 4.48. The van der Waals surface area contributed by atoms with Crippen molar-refractivity contribution >= 4 is 33.6 Å². The highest BCUT2D eigenvalue weighted by Gasteiger charge is 2.18. The Labute approximate surface area is 154 Å². The number of halogens is 1. The molecule has 0 fully saturated rings. The second-order valence-corrected chi connectivity index (χ2v) is 6.51. The molecule has 0 radical (unpaired) electrons. The van der Waals surface area contributed by atoms with Crippen molar-refractivity contribution in [3.63, 3.8) is 0 Å². The van der Waals surface area contributed by atoms with Gasteiger partial charge in [0.2, 0.25) is 6.79 Å². The van der Waals surface area contributed by atoms with E-state index in [9.17, 15) is 10.1 Å². The third-order valence-electron chi connectivity index (χ3n) is 3.89. The van der Waals surface area contributed by atoms with Crippen molar-refractivity contribution in [1.82, 2.24) is 0 Å². The van der Waals surface area contributed by atoms with Crippen molar-refractivity contribution in [1.29, 1.82) is 5.26 Å². The van der Waals surface area contributed by atoms with Gasteiger partial charge in [0.15, 0.2) is 11.5 Å². The van der Waals surface area contributed by atoms with E-state index in [1.807, 2.05) is 38.1 Å². The van der Waals surface area contributed by atoms with Crippen molar-refractivity contribution in [2.75, 3.05) is 12.1 Å². The minimum Gasteiger partial charge on any atom is -0.454 e. The van der Waals surface area contributed by atoms with Crippen molar-refractivity contribution in [2.45, 2.75) is 13.8 Å². The van der Waals surface area contributed by atoms with E-state index in [1.165, 1.54) is 6.08 Å². The van der Waals surface area contributed by atoms with Crippen LogP contribution in [0.15, 0.2) is 40.4 Å². The zero-order valence-electron chi connectivity index (χ0n) is 13.7. The van der Waals surface area contributed by atoms with Crippen molar-refractivity contribution in [3.8, 4) is 17.6 Å². The molecule has 0 aromatic heterocycles. The number of carbonyl (C=O) groups excluding carboxylic acids is 1. The first-order chi connectivity index (χ1) is 12.0. The Hall–Kier alpha value is -2.78. The first-order valence-corrected chi connectivity index (χ1v) is 8.37. The summed E-state index contributed by atoms with van der Waals surface area (Å²) >= 11 is 3.40. The summed E-state index contributed by atoms with van der Waals surface area (Å²) in [6.45, 7) is 4.12. The fourth-order valence-electron chi connectivity index (χ4n) is 2.40. The van der Waals surface area contributed by atoms with Crippen LogP contribution in [0, 0.1) is 25.2 Å². The van der Waals surface area contributed by atoms with E-state index >= 15 is 0 Å². The number of anilines is 1. The molecule has 1 aliphatic heterocycles. The second kappa shape index (κ2) is 6.99. The van der Waals surface area contributed by atoms with Crippen LogP contribution in [0.25, 0.3) is 6.08 Å². The van der Waals surface area contributed by atoms with Crippen molar-refractivity contribution in [2.24, 2.45) is 0 Å². The summed E-state index contributed by atoms with van der Waals surface area (Å²) in [5.74, 6) is 0.738. The number of nitrogens with one attached hydrogen (secondary N) is 1. The zero-order valence-corrected chi connectivity index (χ0v) is 15.3. The summed E-state index contributed by atoms with van der Waals surface area (Å²) in [6, 6.07) is 11.1. The number of nitriles is 1. The Morgan fingerprint density at radius 3 is 2.76 bits per heavy atom. The van der Waals surface area contributed by atoms with Gasteiger partial charge in [-0.25, -0.2) is 0 Å². The molecule has 0 bridgehead atoms. The highest BCUT2D eigenvalue weighted by Crippen LogP contribution is 2.40. The number of nitrogens with zero attached hydrogens (tertiary/aromatic N) is 1. The van der Waals surface area contributed by atoms with Gasteiger partial charge in [-0.3, -0.25) is 4.79 Å². The van der Waals surface area contributed by atoms with E-state index in [2.05, 4.69) is 21.2 Å². The zero-order chi connectivity index (χ0) is 18.0. The van der Waals surface area contributed by atoms with Gasteiger partial charge in [-0.1, -0.05) is 6.07 Å². The van der Waals surface area contributed by atoms with Crippen LogP contribution in [-0.4, -0.2) is 12.7 Å². The molecular weight excluding hydrogens is 384 g/mol. The average molecular weight is 399 g/mol. The normalized spacial score (nSPS) is 12.6. The van der Waals surface area contributed by atoms with E-state index in [0.29, 0.717) is 27.2 Å². The topological polar surface area (TPSA) is 71.4 Å². The lowest BCUT2D eigenvalue weighted by molar-refractivity contribution is -0.112. The number of benzene rings is 2. The van der Waals surface area contributed by atoms with Crippen LogP contribution in [-0.2, 0) is 4.79 Å². The van der Waals surface area contributed by atoms with Crippen LogP contribution in [0.2, 0.25) is 0 Å². The van der Waals surface area contributed by atoms with Crippen LogP contribution in [0.4, 0.5) is 5.69 Å². The number of ether oxygens (including phenoxy) is 2. The van der Waals surface area contributed by atoms with Gasteiger partial charge in [-0.15, -0.1) is 0 Å². The lowest BCUT2D eigenvalue weighted by Crippen LogP contribution is -2.13. The fourth-order valence-corrected chi connectivity index (χ4v) is 2.98. The van der Waals surface area contributed by atoms with Gasteiger partial charge in [0.25, 0.3) is 5.91 Å². The van der Waals surface area contributed by atoms with E-state index < -0.39 is 5.91 Å². The molecule has 0 saturated carbocycles. The smallest absolute Gasteiger partial charge is 0.266 e. The molecule has 1 amide bonds. The van der Waals surface area contributed by atoms with Crippen LogP contribution >= 0.6 is 15.9 Å². The summed E-state index contributed by atoms with van der Waals surface area (Å²) < 4.78 is 11.4. The van der Waals surface area contributed by atoms with Gasteiger partial charge >= 0.3 is 0 Å². The molecule has 0 spiro atoms. The van der Waals surface area contributed by atoms with Crippen molar-refractivity contribution < 1.29 is 14.3 Å². The number of rotatable bonds is 3. The van der Waals surface area contributed by atoms with Crippen molar-refractivity contribution in [3.05, 3.63) is 57.1 Å². The largest absolute Gasteiger partial charge is 0.454 e. The minimum atomic E-state index is -0.459. The van der Waals surface area contributed by atoms with Gasteiger partial charge in [0.1, 0.15) is 11.6 Å². The molecule has 1 N–H and O–H groups in total. The predicted octanol–water partition coefficient (Wildman–Crippen LogP) is 4.34. The predicted molar refractivity (Wildman–Crippen MR) is 98.4 cm³/mol. The Morgan fingerprint density at radius 1 is 1.24 bits per heavy atom. The molecule has 2 aromatic carbocycles. The van der Waals surface area contributed by atoms with Crippen LogP contribution in [0.3, 0.4) is 0 Å². The van der Waals surface area contributed by atoms with E-state index in [-0.39, 0.29) is 12.4 Å². The molecule has 3 rings (SSSR count). The quantitative estimate of drug-likeness (QED) is 0.616. The maximum absolute atomic E-state index is 12.4. The van der Waals surface area contributed by atoms with E-state index in [4.69, 9.17) is 9.47 Å². The van der Waals surface area contributed by atoms with Crippen LogP contribution < -0.4 is 14.8 Å². The minimum absolute atomic E-state index is 0.00370. The first kappa shape index (κ1) is 17.1. The monoisotopic (exact) mass is 398 g/mol. The number of carbonyl (C=O) groups is 1. The molecule has 0 aliphatic carbocycles. The maximum atomic E-state index is 12.4. The third kappa shape index (κ3) is 3.67. The standard InChI is InChI=1S/C19H15BrN2O3/c1-11-3-4-15(5-12(11)2)22-19(23)14(9-21)6-13-7-16(20)18-17(8-13)24-10-25-18/h3-8H,10H2,1-2H3,(H,22,23)/b14-6+. The van der Waals surface area contributed by atoms with Gasteiger partial charge in [-0.2, -0.15) is 5.26 Å². The fraction of sp³-hybridized carbons (Fsp3) is 0.158. The van der Waals surface area contributed by atoms with Gasteiger partial charge in [-0.05, 0) is 76.8 Å². The molecule has 1 aliphatic rings. The molecule has 25 heavy (non-hydrogen) atoms. The second-order valence-electron chi connectivity index (χ2n) is 5.66. The van der Waals surface area contributed by atoms with Gasteiger partial charge in [0.05, 0.1) is 4.47 Å². The number of hydrogen-bond donors (Lipinski definition) is 1. The molecule has 126 valence electrons. The number of amides is 1. The van der Waals surface area contributed by atoms with E-state index in [0.717, 1.165) is 11.1 Å². The highest BCUT2D eigenvalue weighted by atomic mass is 79.9. The summed E-state index contributed by atoms with van der Waals surface area (Å²) in [5, 5.41) is 12.1. The molecule has 0 unspecified atom stereocenters. The first-order valence-electron chi connectivity index (χ1n) is 7.57. The van der Waals surface area contributed by atoms with Crippen LogP contribution in [0.1, 0.15) is 16.7 Å². The Kier molecular flexibility index (Phi) is 4.77. The number of aryl methyl sites for hydroxylation is 2. The summed E-state index contributed by atoms with van der Waals surface area (Å²) in [6.07, 6.45) is 1.52. The highest BCUT2D eigenvalue weighted by molar-refractivity contribution is 9.10.